The molecule has 0 saturated heterocycles. The highest BCUT2D eigenvalue weighted by Gasteiger charge is 2.17. The first-order chi connectivity index (χ1) is 10.6. The van der Waals surface area contributed by atoms with Gasteiger partial charge in [0.05, 0.1) is 10.3 Å². The Morgan fingerprint density at radius 3 is 2.82 bits per heavy atom. The zero-order valence-electron chi connectivity index (χ0n) is 12.1. The number of rotatable bonds is 4. The van der Waals surface area contributed by atoms with Crippen LogP contribution >= 0.6 is 11.8 Å². The van der Waals surface area contributed by atoms with Crippen LogP contribution in [-0.2, 0) is 6.54 Å². The molecule has 3 rings (SSSR count). The molecule has 0 fully saturated rings. The van der Waals surface area contributed by atoms with Crippen molar-refractivity contribution >= 4 is 28.2 Å². The quantitative estimate of drug-likeness (QED) is 0.542. The molecule has 1 aromatic carbocycles. The van der Waals surface area contributed by atoms with Gasteiger partial charge in [-0.25, -0.2) is 0 Å². The SMILES string of the molecule is CCn1c(C)nnc1Sc1ccc([N+](=O)[O-])c2cnccc12. The van der Waals surface area contributed by atoms with Crippen molar-refractivity contribution in [2.75, 3.05) is 0 Å². The van der Waals surface area contributed by atoms with E-state index in [9.17, 15) is 10.1 Å². The molecule has 2 aromatic heterocycles. The predicted molar refractivity (Wildman–Crippen MR) is 83.0 cm³/mol. The molecular formula is C14H13N5O2S. The fourth-order valence-corrected chi connectivity index (χ4v) is 3.37. The number of nitrogens with zero attached hydrogens (tertiary/aromatic N) is 5. The van der Waals surface area contributed by atoms with Crippen molar-refractivity contribution in [1.82, 2.24) is 19.7 Å². The van der Waals surface area contributed by atoms with Crippen LogP contribution in [0.15, 0.2) is 40.6 Å². The molecule has 3 aromatic rings. The number of nitro groups is 1. The van der Waals surface area contributed by atoms with Gasteiger partial charge in [0.1, 0.15) is 5.82 Å². The van der Waals surface area contributed by atoms with Crippen molar-refractivity contribution in [3.8, 4) is 0 Å². The van der Waals surface area contributed by atoms with Crippen molar-refractivity contribution in [2.45, 2.75) is 30.4 Å². The van der Waals surface area contributed by atoms with Crippen molar-refractivity contribution in [1.29, 1.82) is 0 Å². The van der Waals surface area contributed by atoms with Crippen molar-refractivity contribution < 1.29 is 4.92 Å². The molecule has 0 unspecified atom stereocenters. The number of aryl methyl sites for hydroxylation is 1. The minimum atomic E-state index is -0.392. The second-order valence-corrected chi connectivity index (χ2v) is 5.65. The smallest absolute Gasteiger partial charge is 0.278 e. The molecule has 0 aliphatic carbocycles. The van der Waals surface area contributed by atoms with Crippen LogP contribution in [0.3, 0.4) is 0 Å². The van der Waals surface area contributed by atoms with E-state index in [-0.39, 0.29) is 5.69 Å². The average molecular weight is 315 g/mol. The number of nitro benzene ring substituents is 1. The van der Waals surface area contributed by atoms with Crippen LogP contribution in [0, 0.1) is 17.0 Å². The standard InChI is InChI=1S/C14H13N5O2S/c1-3-18-9(2)16-17-14(18)22-13-5-4-12(19(20)21)11-8-15-7-6-10(11)13/h4-8H,3H2,1-2H3. The topological polar surface area (TPSA) is 86.7 Å². The fourth-order valence-electron chi connectivity index (χ4n) is 2.30. The van der Waals surface area contributed by atoms with Gasteiger partial charge < -0.3 is 4.57 Å². The van der Waals surface area contributed by atoms with E-state index in [0.717, 1.165) is 27.8 Å². The van der Waals surface area contributed by atoms with E-state index < -0.39 is 4.92 Å². The molecule has 0 aliphatic rings. The lowest BCUT2D eigenvalue weighted by Gasteiger charge is -2.07. The number of hydrogen-bond acceptors (Lipinski definition) is 6. The first kappa shape index (κ1) is 14.5. The predicted octanol–water partition coefficient (Wildman–Crippen LogP) is 3.21. The molecular weight excluding hydrogens is 302 g/mol. The number of aromatic nitrogens is 4. The Kier molecular flexibility index (Phi) is 3.76. The Bertz CT molecular complexity index is 862. The lowest BCUT2D eigenvalue weighted by molar-refractivity contribution is -0.383. The largest absolute Gasteiger partial charge is 0.306 e. The van der Waals surface area contributed by atoms with Crippen LogP contribution in [0.5, 0.6) is 0 Å². The maximum Gasteiger partial charge on any atom is 0.278 e. The number of benzene rings is 1. The van der Waals surface area contributed by atoms with Gasteiger partial charge in [0.15, 0.2) is 5.16 Å². The van der Waals surface area contributed by atoms with Crippen molar-refractivity contribution in [2.24, 2.45) is 0 Å². The summed E-state index contributed by atoms with van der Waals surface area (Å²) in [6, 6.07) is 5.03. The summed E-state index contributed by atoms with van der Waals surface area (Å²) < 4.78 is 2.00. The molecule has 8 heteroatoms. The Balaban J connectivity index is 2.12. The van der Waals surface area contributed by atoms with Gasteiger partial charge in [-0.1, -0.05) is 0 Å². The Labute approximate surface area is 130 Å². The highest BCUT2D eigenvalue weighted by Crippen LogP contribution is 2.36. The molecule has 0 radical (unpaired) electrons. The van der Waals surface area contributed by atoms with Crippen molar-refractivity contribution in [3.05, 3.63) is 46.5 Å². The summed E-state index contributed by atoms with van der Waals surface area (Å²) >= 11 is 1.45. The summed E-state index contributed by atoms with van der Waals surface area (Å²) in [5.41, 5.74) is 0.0561. The van der Waals surface area contributed by atoms with E-state index >= 15 is 0 Å². The molecule has 0 bridgehead atoms. The molecule has 0 saturated carbocycles. The first-order valence-corrected chi connectivity index (χ1v) is 7.52. The zero-order valence-corrected chi connectivity index (χ0v) is 12.9. The van der Waals surface area contributed by atoms with Gasteiger partial charge in [-0.15, -0.1) is 10.2 Å². The minimum absolute atomic E-state index is 0.0561. The fraction of sp³-hybridized carbons (Fsp3) is 0.214. The third kappa shape index (κ3) is 2.41. The monoisotopic (exact) mass is 315 g/mol. The molecule has 0 N–H and O–H groups in total. The molecule has 0 spiro atoms. The summed E-state index contributed by atoms with van der Waals surface area (Å²) in [4.78, 5) is 15.6. The van der Waals surface area contributed by atoms with E-state index in [1.165, 1.54) is 24.0 Å². The van der Waals surface area contributed by atoms with Gasteiger partial charge in [0.25, 0.3) is 5.69 Å². The molecule has 0 aliphatic heterocycles. The molecule has 0 atom stereocenters. The highest BCUT2D eigenvalue weighted by molar-refractivity contribution is 7.99. The van der Waals surface area contributed by atoms with Gasteiger partial charge in [0, 0.05) is 35.3 Å². The average Bonchev–Trinajstić information content (AvgIpc) is 2.87. The van der Waals surface area contributed by atoms with E-state index in [2.05, 4.69) is 15.2 Å². The normalized spacial score (nSPS) is 11.0. The number of non-ortho nitro benzene ring substituents is 1. The number of fused-ring (bicyclic) bond motifs is 1. The lowest BCUT2D eigenvalue weighted by Crippen LogP contribution is -1.99. The first-order valence-electron chi connectivity index (χ1n) is 6.70. The van der Waals surface area contributed by atoms with Gasteiger partial charge in [-0.2, -0.15) is 0 Å². The van der Waals surface area contributed by atoms with Crippen LogP contribution in [0.4, 0.5) is 5.69 Å². The van der Waals surface area contributed by atoms with E-state index in [4.69, 9.17) is 0 Å². The maximum atomic E-state index is 11.1. The lowest BCUT2D eigenvalue weighted by atomic mass is 10.1. The Hall–Kier alpha value is -2.48. The minimum Gasteiger partial charge on any atom is -0.306 e. The second-order valence-electron chi connectivity index (χ2n) is 4.64. The Morgan fingerprint density at radius 2 is 2.09 bits per heavy atom. The summed E-state index contributed by atoms with van der Waals surface area (Å²) in [5.74, 6) is 0.845. The third-order valence-corrected chi connectivity index (χ3v) is 4.43. The van der Waals surface area contributed by atoms with Gasteiger partial charge in [0.2, 0.25) is 0 Å². The Morgan fingerprint density at radius 1 is 1.27 bits per heavy atom. The summed E-state index contributed by atoms with van der Waals surface area (Å²) in [6.07, 6.45) is 3.15. The second kappa shape index (κ2) is 5.72. The maximum absolute atomic E-state index is 11.1. The molecule has 2 heterocycles. The third-order valence-electron chi connectivity index (χ3n) is 3.37. The molecule has 7 nitrogen and oxygen atoms in total. The van der Waals surface area contributed by atoms with Crippen LogP contribution < -0.4 is 0 Å². The number of pyridine rings is 1. The summed E-state index contributed by atoms with van der Waals surface area (Å²) in [7, 11) is 0. The van der Waals surface area contributed by atoms with E-state index in [0.29, 0.717) is 5.39 Å². The molecule has 112 valence electrons. The van der Waals surface area contributed by atoms with Crippen LogP contribution in [0.1, 0.15) is 12.7 Å². The zero-order chi connectivity index (χ0) is 15.7. The summed E-state index contributed by atoms with van der Waals surface area (Å²) in [5, 5.41) is 21.5. The van der Waals surface area contributed by atoms with Crippen LogP contribution in [-0.4, -0.2) is 24.7 Å². The summed E-state index contributed by atoms with van der Waals surface area (Å²) in [6.45, 7) is 4.70. The highest BCUT2D eigenvalue weighted by atomic mass is 32.2. The van der Waals surface area contributed by atoms with E-state index in [1.54, 1.807) is 18.3 Å². The van der Waals surface area contributed by atoms with Gasteiger partial charge in [-0.05, 0) is 37.7 Å². The van der Waals surface area contributed by atoms with Crippen LogP contribution in [0.25, 0.3) is 10.8 Å². The van der Waals surface area contributed by atoms with E-state index in [1.807, 2.05) is 18.4 Å². The molecule has 22 heavy (non-hydrogen) atoms. The van der Waals surface area contributed by atoms with Crippen LogP contribution in [0.2, 0.25) is 0 Å². The number of hydrogen-bond donors (Lipinski definition) is 0. The van der Waals surface area contributed by atoms with Crippen molar-refractivity contribution in [3.63, 3.8) is 0 Å². The van der Waals surface area contributed by atoms with Gasteiger partial charge >= 0.3 is 0 Å². The van der Waals surface area contributed by atoms with Gasteiger partial charge in [-0.3, -0.25) is 15.1 Å². The molecule has 0 amide bonds.